The standard InChI is InChI=1S/C14H19N3O4/c1-15-14(19)11-4-5-12(17(20)21)13(7-11)16-6-2-3-10(8-16)9-18/h4-5,7,10,18H,2-3,6,8-9H2,1H3,(H,15,19). The van der Waals surface area contributed by atoms with Gasteiger partial charge in [-0.1, -0.05) is 0 Å². The molecule has 1 unspecified atom stereocenters. The topological polar surface area (TPSA) is 95.7 Å². The van der Waals surface area contributed by atoms with Crippen molar-refractivity contribution in [3.63, 3.8) is 0 Å². The number of aliphatic hydroxyl groups excluding tert-OH is 1. The lowest BCUT2D eigenvalue weighted by atomic mass is 9.98. The number of nitrogens with zero attached hydrogens (tertiary/aromatic N) is 2. The van der Waals surface area contributed by atoms with Crippen LogP contribution in [0.1, 0.15) is 23.2 Å². The summed E-state index contributed by atoms with van der Waals surface area (Å²) < 4.78 is 0. The molecular weight excluding hydrogens is 274 g/mol. The minimum atomic E-state index is -0.439. The van der Waals surface area contributed by atoms with Gasteiger partial charge in [0, 0.05) is 38.4 Å². The molecule has 1 fully saturated rings. The van der Waals surface area contributed by atoms with Crippen molar-refractivity contribution in [3.8, 4) is 0 Å². The number of anilines is 1. The molecule has 1 aliphatic heterocycles. The van der Waals surface area contributed by atoms with Gasteiger partial charge in [-0.05, 0) is 30.9 Å². The Morgan fingerprint density at radius 2 is 2.33 bits per heavy atom. The quantitative estimate of drug-likeness (QED) is 0.641. The van der Waals surface area contributed by atoms with Crippen LogP contribution in [-0.4, -0.2) is 42.7 Å². The van der Waals surface area contributed by atoms with Gasteiger partial charge >= 0.3 is 0 Å². The molecule has 0 radical (unpaired) electrons. The van der Waals surface area contributed by atoms with E-state index in [0.717, 1.165) is 12.8 Å². The number of benzene rings is 1. The van der Waals surface area contributed by atoms with E-state index in [1.165, 1.54) is 19.2 Å². The Kier molecular flexibility index (Phi) is 4.74. The largest absolute Gasteiger partial charge is 0.396 e. The van der Waals surface area contributed by atoms with Crippen molar-refractivity contribution in [2.45, 2.75) is 12.8 Å². The second-order valence-electron chi connectivity index (χ2n) is 5.18. The van der Waals surface area contributed by atoms with E-state index in [1.54, 1.807) is 6.07 Å². The van der Waals surface area contributed by atoms with E-state index in [-0.39, 0.29) is 24.1 Å². The molecule has 1 saturated heterocycles. The van der Waals surface area contributed by atoms with Gasteiger partial charge in [-0.3, -0.25) is 14.9 Å². The predicted octanol–water partition coefficient (Wildman–Crippen LogP) is 1.16. The number of aliphatic hydroxyl groups is 1. The van der Waals surface area contributed by atoms with Crippen LogP contribution in [0.4, 0.5) is 11.4 Å². The van der Waals surface area contributed by atoms with Crippen molar-refractivity contribution in [1.29, 1.82) is 0 Å². The van der Waals surface area contributed by atoms with E-state index in [2.05, 4.69) is 5.32 Å². The number of hydrogen-bond donors (Lipinski definition) is 2. The second kappa shape index (κ2) is 6.53. The molecule has 0 bridgehead atoms. The normalized spacial score (nSPS) is 18.4. The smallest absolute Gasteiger partial charge is 0.292 e. The first-order valence-electron chi connectivity index (χ1n) is 6.93. The van der Waals surface area contributed by atoms with Gasteiger partial charge in [0.1, 0.15) is 5.69 Å². The fourth-order valence-corrected chi connectivity index (χ4v) is 2.65. The number of nitro benzene ring substituents is 1. The molecule has 2 rings (SSSR count). The Morgan fingerprint density at radius 1 is 1.57 bits per heavy atom. The van der Waals surface area contributed by atoms with Crippen LogP contribution in [0.3, 0.4) is 0 Å². The lowest BCUT2D eigenvalue weighted by Crippen LogP contribution is -2.37. The van der Waals surface area contributed by atoms with Crippen LogP contribution in [0.5, 0.6) is 0 Å². The third kappa shape index (κ3) is 3.30. The van der Waals surface area contributed by atoms with Crippen LogP contribution in [0.25, 0.3) is 0 Å². The third-order valence-electron chi connectivity index (χ3n) is 3.78. The molecule has 0 aliphatic carbocycles. The summed E-state index contributed by atoms with van der Waals surface area (Å²) in [5, 5.41) is 23.0. The Hall–Kier alpha value is -2.15. The molecule has 7 nitrogen and oxygen atoms in total. The highest BCUT2D eigenvalue weighted by atomic mass is 16.6. The highest BCUT2D eigenvalue weighted by Crippen LogP contribution is 2.32. The zero-order chi connectivity index (χ0) is 15.4. The Morgan fingerprint density at radius 3 is 2.95 bits per heavy atom. The summed E-state index contributed by atoms with van der Waals surface area (Å²) in [6.07, 6.45) is 1.78. The van der Waals surface area contributed by atoms with Crippen LogP contribution in [0.2, 0.25) is 0 Å². The first-order chi connectivity index (χ1) is 10.1. The van der Waals surface area contributed by atoms with E-state index in [1.807, 2.05) is 4.90 Å². The summed E-state index contributed by atoms with van der Waals surface area (Å²) >= 11 is 0. The maximum absolute atomic E-state index is 11.7. The molecular formula is C14H19N3O4. The van der Waals surface area contributed by atoms with Gasteiger partial charge in [0.2, 0.25) is 0 Å². The van der Waals surface area contributed by atoms with E-state index < -0.39 is 4.92 Å². The third-order valence-corrected chi connectivity index (χ3v) is 3.78. The van der Waals surface area contributed by atoms with E-state index in [4.69, 9.17) is 0 Å². The molecule has 7 heteroatoms. The van der Waals surface area contributed by atoms with Gasteiger partial charge in [-0.15, -0.1) is 0 Å². The second-order valence-corrected chi connectivity index (χ2v) is 5.18. The summed E-state index contributed by atoms with van der Waals surface area (Å²) in [4.78, 5) is 24.4. The number of amides is 1. The Bertz CT molecular complexity index is 547. The van der Waals surface area contributed by atoms with Gasteiger partial charge in [-0.2, -0.15) is 0 Å². The first kappa shape index (κ1) is 15.2. The van der Waals surface area contributed by atoms with Crippen LogP contribution in [-0.2, 0) is 0 Å². The van der Waals surface area contributed by atoms with Gasteiger partial charge < -0.3 is 15.3 Å². The van der Waals surface area contributed by atoms with Gasteiger partial charge in [-0.25, -0.2) is 0 Å². The molecule has 0 saturated carbocycles. The average Bonchev–Trinajstić information content (AvgIpc) is 2.53. The number of rotatable bonds is 4. The Labute approximate surface area is 122 Å². The first-order valence-corrected chi connectivity index (χ1v) is 6.93. The summed E-state index contributed by atoms with van der Waals surface area (Å²) in [7, 11) is 1.52. The molecule has 114 valence electrons. The molecule has 0 spiro atoms. The number of piperidine rings is 1. The van der Waals surface area contributed by atoms with Crippen molar-refractivity contribution in [2.75, 3.05) is 31.6 Å². The van der Waals surface area contributed by atoms with Crippen molar-refractivity contribution in [1.82, 2.24) is 5.32 Å². The fraction of sp³-hybridized carbons (Fsp3) is 0.500. The van der Waals surface area contributed by atoms with Crippen LogP contribution < -0.4 is 10.2 Å². The number of carbonyl (C=O) groups excluding carboxylic acids is 1. The lowest BCUT2D eigenvalue weighted by molar-refractivity contribution is -0.384. The van der Waals surface area contributed by atoms with Gasteiger partial charge in [0.15, 0.2) is 0 Å². The maximum Gasteiger partial charge on any atom is 0.292 e. The summed E-state index contributed by atoms with van der Waals surface area (Å²) in [6, 6.07) is 4.37. The van der Waals surface area contributed by atoms with E-state index in [9.17, 15) is 20.0 Å². The van der Waals surface area contributed by atoms with Crippen molar-refractivity contribution in [3.05, 3.63) is 33.9 Å². The highest BCUT2D eigenvalue weighted by Gasteiger charge is 2.26. The predicted molar refractivity (Wildman–Crippen MR) is 78.5 cm³/mol. The van der Waals surface area contributed by atoms with Crippen molar-refractivity contribution < 1.29 is 14.8 Å². The SMILES string of the molecule is CNC(=O)c1ccc([N+](=O)[O-])c(N2CCCC(CO)C2)c1. The van der Waals surface area contributed by atoms with Crippen molar-refractivity contribution in [2.24, 2.45) is 5.92 Å². The van der Waals surface area contributed by atoms with Crippen LogP contribution in [0, 0.1) is 16.0 Å². The molecule has 1 amide bonds. The number of hydrogen-bond acceptors (Lipinski definition) is 5. The summed E-state index contributed by atoms with van der Waals surface area (Å²) in [5.41, 5.74) is 0.824. The molecule has 1 heterocycles. The van der Waals surface area contributed by atoms with Crippen molar-refractivity contribution >= 4 is 17.3 Å². The zero-order valence-electron chi connectivity index (χ0n) is 11.9. The summed E-state index contributed by atoms with van der Waals surface area (Å²) in [6.45, 7) is 1.32. The maximum atomic E-state index is 11.7. The Balaban J connectivity index is 2.38. The fourth-order valence-electron chi connectivity index (χ4n) is 2.65. The number of nitro groups is 1. The molecule has 2 N–H and O–H groups in total. The van der Waals surface area contributed by atoms with E-state index >= 15 is 0 Å². The zero-order valence-corrected chi connectivity index (χ0v) is 11.9. The van der Waals surface area contributed by atoms with E-state index in [0.29, 0.717) is 24.3 Å². The minimum Gasteiger partial charge on any atom is -0.396 e. The molecule has 1 aliphatic rings. The summed E-state index contributed by atoms with van der Waals surface area (Å²) in [5.74, 6) is -0.163. The van der Waals surface area contributed by atoms with Gasteiger partial charge in [0.25, 0.3) is 11.6 Å². The van der Waals surface area contributed by atoms with Crippen LogP contribution >= 0.6 is 0 Å². The molecule has 1 atom stereocenters. The molecule has 0 aromatic heterocycles. The van der Waals surface area contributed by atoms with Crippen LogP contribution in [0.15, 0.2) is 18.2 Å². The lowest BCUT2D eigenvalue weighted by Gasteiger charge is -2.33. The number of carbonyl (C=O) groups is 1. The van der Waals surface area contributed by atoms with Gasteiger partial charge in [0.05, 0.1) is 4.92 Å². The monoisotopic (exact) mass is 293 g/mol. The highest BCUT2D eigenvalue weighted by molar-refractivity contribution is 5.95. The molecule has 21 heavy (non-hydrogen) atoms. The number of nitrogens with one attached hydrogen (secondary N) is 1. The minimum absolute atomic E-state index is 0.0127. The average molecular weight is 293 g/mol. The molecule has 1 aromatic rings. The molecule has 1 aromatic carbocycles.